The number of halogens is 1. The fourth-order valence-corrected chi connectivity index (χ4v) is 1.62. The van der Waals surface area contributed by atoms with Crippen LogP contribution in [0.25, 0.3) is 0 Å². The maximum Gasteiger partial charge on any atom is 0.292 e. The first-order valence-electron chi connectivity index (χ1n) is 6.58. The van der Waals surface area contributed by atoms with Crippen LogP contribution in [0.3, 0.4) is 0 Å². The van der Waals surface area contributed by atoms with E-state index in [1.54, 1.807) is 25.3 Å². The van der Waals surface area contributed by atoms with Gasteiger partial charge in [0.25, 0.3) is 5.69 Å². The minimum Gasteiger partial charge on any atom is -0.383 e. The molecule has 0 saturated heterocycles. The van der Waals surface area contributed by atoms with Gasteiger partial charge in [-0.3, -0.25) is 14.9 Å². The van der Waals surface area contributed by atoms with E-state index in [0.29, 0.717) is 31.9 Å². The molecule has 3 N–H and O–H groups in total. The summed E-state index contributed by atoms with van der Waals surface area (Å²) in [6.45, 7) is 2.17. The van der Waals surface area contributed by atoms with Gasteiger partial charge in [-0.15, -0.1) is 12.4 Å². The van der Waals surface area contributed by atoms with Crippen LogP contribution in [-0.4, -0.2) is 50.7 Å². The molecular weight excluding hydrogens is 312 g/mol. The molecule has 0 heterocycles. The highest BCUT2D eigenvalue weighted by Crippen LogP contribution is 2.22. The van der Waals surface area contributed by atoms with Gasteiger partial charge in [-0.05, 0) is 6.07 Å². The third-order valence-electron chi connectivity index (χ3n) is 2.63. The Morgan fingerprint density at radius 2 is 2.00 bits per heavy atom. The predicted molar refractivity (Wildman–Crippen MR) is 86.6 cm³/mol. The number of nitro benzene ring substituents is 1. The van der Waals surface area contributed by atoms with E-state index in [2.05, 4.69) is 16.0 Å². The summed E-state index contributed by atoms with van der Waals surface area (Å²) in [6.07, 6.45) is 0. The SMILES string of the molecule is COCCNCC(=O)NCCNc1ccccc1[N+](=O)[O-].Cl. The minimum absolute atomic E-state index is 0. The van der Waals surface area contributed by atoms with Crippen molar-refractivity contribution in [2.75, 3.05) is 45.2 Å². The number of methoxy groups -OCH3 is 1. The summed E-state index contributed by atoms with van der Waals surface area (Å²) in [5.74, 6) is -0.129. The Kier molecular flexibility index (Phi) is 10.7. The van der Waals surface area contributed by atoms with Crippen LogP contribution in [0.4, 0.5) is 11.4 Å². The fraction of sp³-hybridized carbons (Fsp3) is 0.462. The lowest BCUT2D eigenvalue weighted by Gasteiger charge is -2.09. The van der Waals surface area contributed by atoms with E-state index in [0.717, 1.165) is 0 Å². The number of hydrogen-bond acceptors (Lipinski definition) is 6. The first-order chi connectivity index (χ1) is 10.1. The highest BCUT2D eigenvalue weighted by molar-refractivity contribution is 5.85. The van der Waals surface area contributed by atoms with Gasteiger partial charge in [0.1, 0.15) is 5.69 Å². The number of carbonyl (C=O) groups is 1. The van der Waals surface area contributed by atoms with Crippen molar-refractivity contribution in [3.63, 3.8) is 0 Å². The molecule has 0 aliphatic heterocycles. The molecule has 0 unspecified atom stereocenters. The van der Waals surface area contributed by atoms with Crippen molar-refractivity contribution in [3.8, 4) is 0 Å². The van der Waals surface area contributed by atoms with Gasteiger partial charge >= 0.3 is 0 Å². The predicted octanol–water partition coefficient (Wildman–Crippen LogP) is 0.781. The van der Waals surface area contributed by atoms with E-state index >= 15 is 0 Å². The summed E-state index contributed by atoms with van der Waals surface area (Å²) in [7, 11) is 1.59. The number of carbonyl (C=O) groups excluding carboxylic acids is 1. The summed E-state index contributed by atoms with van der Waals surface area (Å²) >= 11 is 0. The summed E-state index contributed by atoms with van der Waals surface area (Å²) in [5.41, 5.74) is 0.458. The molecule has 0 radical (unpaired) electrons. The van der Waals surface area contributed by atoms with Crippen LogP contribution in [0, 0.1) is 10.1 Å². The molecule has 9 heteroatoms. The maximum absolute atomic E-state index is 11.4. The normalized spacial score (nSPS) is 9.68. The van der Waals surface area contributed by atoms with Crippen molar-refractivity contribution >= 4 is 29.7 Å². The molecule has 1 aromatic rings. The largest absolute Gasteiger partial charge is 0.383 e. The highest BCUT2D eigenvalue weighted by Gasteiger charge is 2.11. The van der Waals surface area contributed by atoms with Gasteiger partial charge in [-0.1, -0.05) is 12.1 Å². The Morgan fingerprint density at radius 3 is 2.68 bits per heavy atom. The maximum atomic E-state index is 11.4. The van der Waals surface area contributed by atoms with Crippen LogP contribution < -0.4 is 16.0 Å². The number of nitro groups is 1. The Bertz CT molecular complexity index is 473. The Morgan fingerprint density at radius 1 is 1.27 bits per heavy atom. The van der Waals surface area contributed by atoms with Gasteiger partial charge in [-0.2, -0.15) is 0 Å². The Labute approximate surface area is 135 Å². The molecule has 0 bridgehead atoms. The van der Waals surface area contributed by atoms with Crippen molar-refractivity contribution in [1.82, 2.24) is 10.6 Å². The first kappa shape index (κ1) is 20.1. The number of ether oxygens (including phenoxy) is 1. The Hall–Kier alpha value is -1.90. The standard InChI is InChI=1S/C13H20N4O4.ClH/c1-21-9-8-14-10-13(18)16-7-6-15-11-4-2-3-5-12(11)17(19)20;/h2-5,14-15H,6-10H2,1H3,(H,16,18);1H. The quantitative estimate of drug-likeness (QED) is 0.332. The van der Waals surface area contributed by atoms with Gasteiger partial charge < -0.3 is 20.7 Å². The zero-order valence-corrected chi connectivity index (χ0v) is 13.1. The second kappa shape index (κ2) is 11.7. The molecule has 0 aromatic heterocycles. The van der Waals surface area contributed by atoms with Crippen molar-refractivity contribution < 1.29 is 14.5 Å². The third kappa shape index (κ3) is 7.77. The number of anilines is 1. The number of amides is 1. The zero-order chi connectivity index (χ0) is 15.5. The summed E-state index contributed by atoms with van der Waals surface area (Å²) < 4.78 is 4.84. The van der Waals surface area contributed by atoms with Crippen LogP contribution >= 0.6 is 12.4 Å². The van der Waals surface area contributed by atoms with E-state index in [9.17, 15) is 14.9 Å². The molecule has 1 aromatic carbocycles. The summed E-state index contributed by atoms with van der Waals surface area (Å²) in [4.78, 5) is 21.8. The van der Waals surface area contributed by atoms with E-state index in [1.807, 2.05) is 0 Å². The van der Waals surface area contributed by atoms with Crippen molar-refractivity contribution in [3.05, 3.63) is 34.4 Å². The van der Waals surface area contributed by atoms with Gasteiger partial charge in [0.2, 0.25) is 5.91 Å². The number of rotatable bonds is 10. The summed E-state index contributed by atoms with van der Waals surface area (Å²) in [6, 6.07) is 6.39. The van der Waals surface area contributed by atoms with E-state index in [-0.39, 0.29) is 30.5 Å². The number of nitrogens with one attached hydrogen (secondary N) is 3. The van der Waals surface area contributed by atoms with Crippen LogP contribution in [0.15, 0.2) is 24.3 Å². The van der Waals surface area contributed by atoms with Gasteiger partial charge in [0.15, 0.2) is 0 Å². The Balaban J connectivity index is 0.00000441. The lowest BCUT2D eigenvalue weighted by atomic mass is 10.2. The van der Waals surface area contributed by atoms with Crippen molar-refractivity contribution in [2.24, 2.45) is 0 Å². The van der Waals surface area contributed by atoms with Crippen molar-refractivity contribution in [2.45, 2.75) is 0 Å². The molecule has 1 rings (SSSR count). The van der Waals surface area contributed by atoms with Crippen LogP contribution in [-0.2, 0) is 9.53 Å². The number of hydrogen-bond donors (Lipinski definition) is 3. The molecule has 22 heavy (non-hydrogen) atoms. The van der Waals surface area contributed by atoms with E-state index in [1.165, 1.54) is 6.07 Å². The molecule has 1 amide bonds. The van der Waals surface area contributed by atoms with E-state index < -0.39 is 4.92 Å². The molecular formula is C13H21ClN4O4. The smallest absolute Gasteiger partial charge is 0.292 e. The fourth-order valence-electron chi connectivity index (χ4n) is 1.62. The van der Waals surface area contributed by atoms with Gasteiger partial charge in [-0.25, -0.2) is 0 Å². The molecule has 124 valence electrons. The second-order valence-corrected chi connectivity index (χ2v) is 4.22. The van der Waals surface area contributed by atoms with Crippen molar-refractivity contribution in [1.29, 1.82) is 0 Å². The molecule has 0 spiro atoms. The lowest BCUT2D eigenvalue weighted by Crippen LogP contribution is -2.37. The topological polar surface area (TPSA) is 106 Å². The van der Waals surface area contributed by atoms with Crippen LogP contribution in [0.5, 0.6) is 0 Å². The number of benzene rings is 1. The highest BCUT2D eigenvalue weighted by atomic mass is 35.5. The molecule has 0 aliphatic carbocycles. The van der Waals surface area contributed by atoms with Crippen LogP contribution in [0.2, 0.25) is 0 Å². The monoisotopic (exact) mass is 332 g/mol. The van der Waals surface area contributed by atoms with E-state index in [4.69, 9.17) is 4.74 Å². The molecule has 0 saturated carbocycles. The second-order valence-electron chi connectivity index (χ2n) is 4.22. The minimum atomic E-state index is -0.444. The molecule has 0 fully saturated rings. The average molecular weight is 333 g/mol. The first-order valence-corrected chi connectivity index (χ1v) is 6.58. The number of para-hydroxylation sites is 2. The third-order valence-corrected chi connectivity index (χ3v) is 2.63. The van der Waals surface area contributed by atoms with Gasteiger partial charge in [0.05, 0.1) is 18.1 Å². The van der Waals surface area contributed by atoms with Gasteiger partial charge in [0, 0.05) is 32.8 Å². The average Bonchev–Trinajstić information content (AvgIpc) is 2.48. The molecule has 0 atom stereocenters. The summed E-state index contributed by atoms with van der Waals surface area (Å²) in [5, 5.41) is 19.4. The number of nitrogens with zero attached hydrogens (tertiary/aromatic N) is 1. The zero-order valence-electron chi connectivity index (χ0n) is 12.3. The molecule has 8 nitrogen and oxygen atoms in total. The lowest BCUT2D eigenvalue weighted by molar-refractivity contribution is -0.384. The molecule has 0 aliphatic rings. The van der Waals surface area contributed by atoms with Crippen LogP contribution in [0.1, 0.15) is 0 Å².